The third-order valence-corrected chi connectivity index (χ3v) is 6.11. The molecule has 2 heterocycles. The molecule has 0 bridgehead atoms. The fourth-order valence-electron chi connectivity index (χ4n) is 4.37. The molecule has 1 aromatic carbocycles. The standard InChI is InChI=1S/C23H32F3N5O2/c1-7-32-17-9-8-14(10-18(17)33-20(25)26)29-21-27-13-16(24)19(30-21)28-15-11-22(2,3)31(6)23(4,5)12-15/h8-10,13,15,20H,7,11-12H2,1-6H3,(H2,27,28,29,30). The SMILES string of the molecule is CCOc1ccc(Nc2ncc(F)c(NC3CC(C)(C)N(C)C(C)(C)C3)n2)cc1OC(F)F. The van der Waals surface area contributed by atoms with Gasteiger partial charge in [-0.3, -0.25) is 4.90 Å². The molecule has 1 aliphatic rings. The number of nitrogens with one attached hydrogen (secondary N) is 2. The first-order valence-corrected chi connectivity index (χ1v) is 10.9. The highest BCUT2D eigenvalue weighted by molar-refractivity contribution is 5.60. The smallest absolute Gasteiger partial charge is 0.387 e. The van der Waals surface area contributed by atoms with Crippen molar-refractivity contribution in [1.82, 2.24) is 14.9 Å². The second-order valence-electron chi connectivity index (χ2n) is 9.42. The number of rotatable bonds is 8. The second kappa shape index (κ2) is 9.62. The average Bonchev–Trinajstić information content (AvgIpc) is 2.70. The summed E-state index contributed by atoms with van der Waals surface area (Å²) >= 11 is 0. The molecule has 10 heteroatoms. The van der Waals surface area contributed by atoms with Crippen LogP contribution in [0.3, 0.4) is 0 Å². The fraction of sp³-hybridized carbons (Fsp3) is 0.565. The Kier molecular flexibility index (Phi) is 7.26. The number of alkyl halides is 2. The lowest BCUT2D eigenvalue weighted by molar-refractivity contribution is -0.0514. The van der Waals surface area contributed by atoms with Crippen LogP contribution < -0.4 is 20.1 Å². The van der Waals surface area contributed by atoms with Crippen molar-refractivity contribution in [3.8, 4) is 11.5 Å². The molecular weight excluding hydrogens is 435 g/mol. The van der Waals surface area contributed by atoms with Crippen LogP contribution in [0, 0.1) is 5.82 Å². The monoisotopic (exact) mass is 467 g/mol. The predicted molar refractivity (Wildman–Crippen MR) is 122 cm³/mol. The van der Waals surface area contributed by atoms with E-state index in [-0.39, 0.29) is 40.4 Å². The second-order valence-corrected chi connectivity index (χ2v) is 9.42. The lowest BCUT2D eigenvalue weighted by Crippen LogP contribution is -2.61. The molecule has 1 fully saturated rings. The molecule has 2 aromatic rings. The number of likely N-dealkylation sites (tertiary alicyclic amines) is 1. The Morgan fingerprint density at radius 3 is 2.42 bits per heavy atom. The van der Waals surface area contributed by atoms with E-state index in [0.29, 0.717) is 12.3 Å². The van der Waals surface area contributed by atoms with E-state index in [0.717, 1.165) is 19.0 Å². The number of nitrogens with zero attached hydrogens (tertiary/aromatic N) is 3. The molecular formula is C23H32F3N5O2. The van der Waals surface area contributed by atoms with E-state index in [1.165, 1.54) is 12.1 Å². The van der Waals surface area contributed by atoms with Crippen LogP contribution in [-0.2, 0) is 0 Å². The highest BCUT2D eigenvalue weighted by Crippen LogP contribution is 2.38. The molecule has 1 aliphatic heterocycles. The van der Waals surface area contributed by atoms with Gasteiger partial charge in [-0.05, 0) is 66.6 Å². The number of halogens is 3. The summed E-state index contributed by atoms with van der Waals surface area (Å²) in [6.45, 7) is 7.70. The van der Waals surface area contributed by atoms with Gasteiger partial charge in [0, 0.05) is 28.9 Å². The molecule has 33 heavy (non-hydrogen) atoms. The van der Waals surface area contributed by atoms with Gasteiger partial charge in [0.15, 0.2) is 23.1 Å². The van der Waals surface area contributed by atoms with Crippen molar-refractivity contribution >= 4 is 17.5 Å². The van der Waals surface area contributed by atoms with E-state index in [1.54, 1.807) is 13.0 Å². The lowest BCUT2D eigenvalue weighted by atomic mass is 9.77. The summed E-state index contributed by atoms with van der Waals surface area (Å²) in [6.07, 6.45) is 2.70. The lowest BCUT2D eigenvalue weighted by Gasteiger charge is -2.53. The molecule has 0 unspecified atom stereocenters. The van der Waals surface area contributed by atoms with E-state index in [1.807, 2.05) is 0 Å². The van der Waals surface area contributed by atoms with Gasteiger partial charge in [0.25, 0.3) is 0 Å². The Hall–Kier alpha value is -2.75. The number of hydrogen-bond donors (Lipinski definition) is 2. The zero-order chi connectivity index (χ0) is 24.4. The molecule has 0 radical (unpaired) electrons. The van der Waals surface area contributed by atoms with Gasteiger partial charge in [0.1, 0.15) is 0 Å². The van der Waals surface area contributed by atoms with Crippen LogP contribution in [0.5, 0.6) is 11.5 Å². The van der Waals surface area contributed by atoms with Crippen LogP contribution in [0.25, 0.3) is 0 Å². The van der Waals surface area contributed by atoms with Gasteiger partial charge in [-0.25, -0.2) is 9.37 Å². The Balaban J connectivity index is 1.79. The Labute approximate surface area is 192 Å². The van der Waals surface area contributed by atoms with E-state index in [4.69, 9.17) is 4.74 Å². The summed E-state index contributed by atoms with van der Waals surface area (Å²) in [4.78, 5) is 10.6. The van der Waals surface area contributed by atoms with E-state index < -0.39 is 12.4 Å². The summed E-state index contributed by atoms with van der Waals surface area (Å²) in [6, 6.07) is 4.50. The van der Waals surface area contributed by atoms with Crippen LogP contribution in [0.4, 0.5) is 30.6 Å². The number of benzene rings is 1. The van der Waals surface area contributed by atoms with Crippen LogP contribution in [0.15, 0.2) is 24.4 Å². The third kappa shape index (κ3) is 5.98. The van der Waals surface area contributed by atoms with Gasteiger partial charge >= 0.3 is 6.61 Å². The summed E-state index contributed by atoms with van der Waals surface area (Å²) in [5.41, 5.74) is 0.245. The molecule has 0 amide bonds. The number of piperidine rings is 1. The maximum Gasteiger partial charge on any atom is 0.387 e. The quantitative estimate of drug-likeness (QED) is 0.537. The van der Waals surface area contributed by atoms with Crippen LogP contribution in [0.2, 0.25) is 0 Å². The van der Waals surface area contributed by atoms with Gasteiger partial charge in [0.2, 0.25) is 5.95 Å². The molecule has 3 rings (SSSR count). The van der Waals surface area contributed by atoms with Crippen molar-refractivity contribution in [2.45, 2.75) is 71.2 Å². The minimum Gasteiger partial charge on any atom is -0.490 e. The largest absolute Gasteiger partial charge is 0.490 e. The zero-order valence-corrected chi connectivity index (χ0v) is 19.9. The maximum absolute atomic E-state index is 14.5. The van der Waals surface area contributed by atoms with Crippen molar-refractivity contribution in [3.05, 3.63) is 30.2 Å². The summed E-state index contributed by atoms with van der Waals surface area (Å²) < 4.78 is 50.0. The summed E-state index contributed by atoms with van der Waals surface area (Å²) in [5.74, 6) is -0.282. The number of hydrogen-bond acceptors (Lipinski definition) is 7. The zero-order valence-electron chi connectivity index (χ0n) is 19.9. The minimum atomic E-state index is -3.00. The number of anilines is 3. The molecule has 0 spiro atoms. The highest BCUT2D eigenvalue weighted by Gasteiger charge is 2.43. The van der Waals surface area contributed by atoms with E-state index in [2.05, 4.69) is 65.0 Å². The molecule has 0 aliphatic carbocycles. The van der Waals surface area contributed by atoms with E-state index >= 15 is 0 Å². The number of ether oxygens (including phenoxy) is 2. The first-order valence-electron chi connectivity index (χ1n) is 10.9. The van der Waals surface area contributed by atoms with Crippen LogP contribution >= 0.6 is 0 Å². The number of aromatic nitrogens is 2. The van der Waals surface area contributed by atoms with Crippen LogP contribution in [-0.4, -0.2) is 52.3 Å². The van der Waals surface area contributed by atoms with Gasteiger partial charge in [0.05, 0.1) is 12.8 Å². The van der Waals surface area contributed by atoms with Gasteiger partial charge in [-0.1, -0.05) is 0 Å². The normalized spacial score (nSPS) is 18.2. The molecule has 2 N–H and O–H groups in total. The summed E-state index contributed by atoms with van der Waals surface area (Å²) in [7, 11) is 2.10. The first-order chi connectivity index (χ1) is 15.4. The predicted octanol–water partition coefficient (Wildman–Crippen LogP) is 5.42. The van der Waals surface area contributed by atoms with Crippen LogP contribution in [0.1, 0.15) is 47.5 Å². The van der Waals surface area contributed by atoms with Crippen molar-refractivity contribution in [3.63, 3.8) is 0 Å². The molecule has 0 saturated carbocycles. The van der Waals surface area contributed by atoms with Crippen molar-refractivity contribution in [2.24, 2.45) is 0 Å². The Morgan fingerprint density at radius 2 is 1.82 bits per heavy atom. The van der Waals surface area contributed by atoms with Crippen molar-refractivity contribution in [2.75, 3.05) is 24.3 Å². The average molecular weight is 468 g/mol. The molecule has 1 saturated heterocycles. The molecule has 1 aromatic heterocycles. The molecule has 0 atom stereocenters. The topological polar surface area (TPSA) is 71.5 Å². The molecule has 7 nitrogen and oxygen atoms in total. The van der Waals surface area contributed by atoms with Gasteiger partial charge in [-0.2, -0.15) is 13.8 Å². The Morgan fingerprint density at radius 1 is 1.15 bits per heavy atom. The van der Waals surface area contributed by atoms with Gasteiger partial charge in [-0.15, -0.1) is 0 Å². The first kappa shape index (κ1) is 24.9. The Bertz CT molecular complexity index is 953. The van der Waals surface area contributed by atoms with Crippen molar-refractivity contribution < 1.29 is 22.6 Å². The van der Waals surface area contributed by atoms with E-state index in [9.17, 15) is 13.2 Å². The fourth-order valence-corrected chi connectivity index (χ4v) is 4.37. The highest BCUT2D eigenvalue weighted by atomic mass is 19.3. The minimum absolute atomic E-state index is 0.0139. The summed E-state index contributed by atoms with van der Waals surface area (Å²) in [5, 5.41) is 6.15. The van der Waals surface area contributed by atoms with Crippen molar-refractivity contribution in [1.29, 1.82) is 0 Å². The molecule has 182 valence electrons. The van der Waals surface area contributed by atoms with Gasteiger partial charge < -0.3 is 20.1 Å². The third-order valence-electron chi connectivity index (χ3n) is 6.11. The maximum atomic E-state index is 14.5.